The summed E-state index contributed by atoms with van der Waals surface area (Å²) >= 11 is 0. The maximum atomic E-state index is 12.5. The molecule has 1 aliphatic carbocycles. The number of aromatic amines is 1. The molecule has 1 saturated carbocycles. The lowest BCUT2D eigenvalue weighted by Crippen LogP contribution is -2.21. The maximum Gasteiger partial charge on any atom is 0.274 e. The van der Waals surface area contributed by atoms with E-state index in [2.05, 4.69) is 14.6 Å². The fraction of sp³-hybridized carbons (Fsp3) is 0.381. The number of benzene rings is 1. The normalized spacial score (nSPS) is 17.9. The highest BCUT2D eigenvalue weighted by molar-refractivity contribution is 7.92. The number of aromatic nitrogens is 2. The van der Waals surface area contributed by atoms with Gasteiger partial charge >= 0.3 is 0 Å². The minimum atomic E-state index is -3.39. The first-order valence-corrected chi connectivity index (χ1v) is 11.7. The van der Waals surface area contributed by atoms with Crippen LogP contribution in [-0.4, -0.2) is 37.3 Å². The number of hydrogen-bond donors (Lipinski definition) is 2. The fourth-order valence-corrected chi connectivity index (χ4v) is 5.07. The SMILES string of the molecule is Cn1cc(-c2cc(NS(C)(=O)=O)ccc2N2CCC3(CC3)C2)c2cc[nH]c2c1=O. The molecule has 0 unspecified atom stereocenters. The summed E-state index contributed by atoms with van der Waals surface area (Å²) in [5, 5.41) is 0.839. The molecule has 3 heterocycles. The Labute approximate surface area is 169 Å². The van der Waals surface area contributed by atoms with Crippen molar-refractivity contribution in [2.75, 3.05) is 29.0 Å². The van der Waals surface area contributed by atoms with Crippen LogP contribution in [0.1, 0.15) is 19.3 Å². The third kappa shape index (κ3) is 3.21. The van der Waals surface area contributed by atoms with Crippen LogP contribution in [0.4, 0.5) is 11.4 Å². The molecule has 1 aliphatic heterocycles. The van der Waals surface area contributed by atoms with Gasteiger partial charge in [0.2, 0.25) is 10.0 Å². The Morgan fingerprint density at radius 1 is 1.14 bits per heavy atom. The van der Waals surface area contributed by atoms with E-state index < -0.39 is 10.0 Å². The van der Waals surface area contributed by atoms with Gasteiger partial charge in [-0.05, 0) is 48.9 Å². The molecule has 2 aliphatic rings. The molecule has 8 heteroatoms. The molecular formula is C21H24N4O3S. The van der Waals surface area contributed by atoms with E-state index in [1.807, 2.05) is 30.5 Å². The average molecular weight is 413 g/mol. The maximum absolute atomic E-state index is 12.5. The largest absolute Gasteiger partial charge is 0.370 e. The van der Waals surface area contributed by atoms with Gasteiger partial charge in [-0.15, -0.1) is 0 Å². The van der Waals surface area contributed by atoms with Crippen LogP contribution >= 0.6 is 0 Å². The fourth-order valence-electron chi connectivity index (χ4n) is 4.51. The van der Waals surface area contributed by atoms with E-state index in [9.17, 15) is 13.2 Å². The van der Waals surface area contributed by atoms with Crippen LogP contribution in [0.2, 0.25) is 0 Å². The van der Waals surface area contributed by atoms with E-state index in [1.54, 1.807) is 17.8 Å². The summed E-state index contributed by atoms with van der Waals surface area (Å²) in [6.07, 6.45) is 8.52. The molecule has 2 aromatic heterocycles. The topological polar surface area (TPSA) is 87.2 Å². The van der Waals surface area contributed by atoms with Crippen LogP contribution < -0.4 is 15.2 Å². The number of fused-ring (bicyclic) bond motifs is 1. The molecule has 7 nitrogen and oxygen atoms in total. The second-order valence-corrected chi connectivity index (χ2v) is 10.3. The Balaban J connectivity index is 1.71. The van der Waals surface area contributed by atoms with Gasteiger partial charge in [0.25, 0.3) is 5.56 Å². The second kappa shape index (κ2) is 6.13. The quantitative estimate of drug-likeness (QED) is 0.690. The van der Waals surface area contributed by atoms with Gasteiger partial charge < -0.3 is 14.5 Å². The van der Waals surface area contributed by atoms with Crippen molar-refractivity contribution in [3.63, 3.8) is 0 Å². The van der Waals surface area contributed by atoms with Crippen LogP contribution in [0.3, 0.4) is 0 Å². The van der Waals surface area contributed by atoms with Crippen molar-refractivity contribution >= 4 is 32.3 Å². The Morgan fingerprint density at radius 3 is 2.62 bits per heavy atom. The monoisotopic (exact) mass is 412 g/mol. The van der Waals surface area contributed by atoms with E-state index in [-0.39, 0.29) is 5.56 Å². The Bertz CT molecular complexity index is 1280. The van der Waals surface area contributed by atoms with Crippen LogP contribution in [0, 0.1) is 5.41 Å². The molecule has 2 N–H and O–H groups in total. The molecule has 0 amide bonds. The Kier molecular flexibility index (Phi) is 3.87. The van der Waals surface area contributed by atoms with Crippen LogP contribution in [0.15, 0.2) is 41.5 Å². The third-order valence-electron chi connectivity index (χ3n) is 6.22. The zero-order valence-electron chi connectivity index (χ0n) is 16.5. The highest BCUT2D eigenvalue weighted by Gasteiger charge is 2.48. The lowest BCUT2D eigenvalue weighted by molar-refractivity contribution is 0.581. The number of nitrogens with zero attached hydrogens (tertiary/aromatic N) is 2. The van der Waals surface area contributed by atoms with Gasteiger partial charge in [-0.3, -0.25) is 9.52 Å². The van der Waals surface area contributed by atoms with E-state index in [4.69, 9.17) is 0 Å². The number of rotatable bonds is 4. The zero-order valence-corrected chi connectivity index (χ0v) is 17.3. The Hall–Kier alpha value is -2.74. The number of anilines is 2. The first kappa shape index (κ1) is 18.3. The van der Waals surface area contributed by atoms with Crippen molar-refractivity contribution in [1.82, 2.24) is 9.55 Å². The zero-order chi connectivity index (χ0) is 20.4. The Morgan fingerprint density at radius 2 is 1.93 bits per heavy atom. The third-order valence-corrected chi connectivity index (χ3v) is 6.83. The average Bonchev–Trinajstić information content (AvgIpc) is 3.04. The summed E-state index contributed by atoms with van der Waals surface area (Å²) in [7, 11) is -1.65. The molecule has 1 spiro atoms. The highest BCUT2D eigenvalue weighted by Crippen LogP contribution is 2.54. The van der Waals surface area contributed by atoms with Gasteiger partial charge in [0, 0.05) is 60.4 Å². The van der Waals surface area contributed by atoms with Crippen LogP contribution in [0.5, 0.6) is 0 Å². The first-order valence-electron chi connectivity index (χ1n) is 9.79. The van der Waals surface area contributed by atoms with Crippen molar-refractivity contribution in [3.8, 4) is 11.1 Å². The molecule has 0 bridgehead atoms. The van der Waals surface area contributed by atoms with E-state index in [1.165, 1.54) is 19.3 Å². The van der Waals surface area contributed by atoms with Crippen molar-refractivity contribution in [2.24, 2.45) is 12.5 Å². The lowest BCUT2D eigenvalue weighted by Gasteiger charge is -2.24. The number of pyridine rings is 1. The van der Waals surface area contributed by atoms with Gasteiger partial charge in [0.1, 0.15) is 5.52 Å². The number of aryl methyl sites for hydroxylation is 1. The van der Waals surface area contributed by atoms with E-state index in [0.717, 1.165) is 41.5 Å². The van der Waals surface area contributed by atoms with Crippen LogP contribution in [0.25, 0.3) is 22.0 Å². The molecule has 0 atom stereocenters. The van der Waals surface area contributed by atoms with Gasteiger partial charge in [-0.1, -0.05) is 0 Å². The van der Waals surface area contributed by atoms with Gasteiger partial charge in [-0.2, -0.15) is 0 Å². The van der Waals surface area contributed by atoms with Gasteiger partial charge in [0.15, 0.2) is 0 Å². The number of sulfonamides is 1. The minimum absolute atomic E-state index is 0.0844. The molecule has 0 radical (unpaired) electrons. The number of nitrogens with one attached hydrogen (secondary N) is 2. The summed E-state index contributed by atoms with van der Waals surface area (Å²) < 4.78 is 27.7. The highest BCUT2D eigenvalue weighted by atomic mass is 32.2. The predicted octanol–water partition coefficient (Wildman–Crippen LogP) is 2.90. The van der Waals surface area contributed by atoms with Crippen LogP contribution in [-0.2, 0) is 17.1 Å². The summed E-state index contributed by atoms with van der Waals surface area (Å²) in [6, 6.07) is 7.58. The minimum Gasteiger partial charge on any atom is -0.370 e. The van der Waals surface area contributed by atoms with E-state index in [0.29, 0.717) is 16.6 Å². The standard InChI is InChI=1S/C21H24N4O3S/c1-24-12-17(15-5-9-22-19(15)20(24)26)16-11-14(23-29(2,27)28)3-4-18(16)25-10-8-21(13-25)6-7-21/h3-5,9,11-12,22-23H,6-8,10,13H2,1-2H3. The summed E-state index contributed by atoms with van der Waals surface area (Å²) in [4.78, 5) is 17.9. The predicted molar refractivity (Wildman–Crippen MR) is 116 cm³/mol. The molecule has 1 saturated heterocycles. The van der Waals surface area contributed by atoms with Crippen molar-refractivity contribution in [1.29, 1.82) is 0 Å². The smallest absolute Gasteiger partial charge is 0.274 e. The van der Waals surface area contributed by atoms with Crippen molar-refractivity contribution < 1.29 is 8.42 Å². The molecular weight excluding hydrogens is 388 g/mol. The first-order chi connectivity index (χ1) is 13.7. The lowest BCUT2D eigenvalue weighted by atomic mass is 10.0. The van der Waals surface area contributed by atoms with Crippen molar-refractivity contribution in [2.45, 2.75) is 19.3 Å². The van der Waals surface area contributed by atoms with Gasteiger partial charge in [-0.25, -0.2) is 8.42 Å². The molecule has 2 fully saturated rings. The summed E-state index contributed by atoms with van der Waals surface area (Å²) in [6.45, 7) is 2.02. The molecule has 152 valence electrons. The summed E-state index contributed by atoms with van der Waals surface area (Å²) in [5.41, 5.74) is 4.37. The molecule has 3 aromatic rings. The second-order valence-electron chi connectivity index (χ2n) is 8.50. The van der Waals surface area contributed by atoms with E-state index >= 15 is 0 Å². The molecule has 1 aromatic carbocycles. The summed E-state index contributed by atoms with van der Waals surface area (Å²) in [5.74, 6) is 0. The van der Waals surface area contributed by atoms with Gasteiger partial charge in [0.05, 0.1) is 6.26 Å². The number of H-pyrrole nitrogens is 1. The molecule has 5 rings (SSSR count). The molecule has 29 heavy (non-hydrogen) atoms. The number of hydrogen-bond acceptors (Lipinski definition) is 4. The van der Waals surface area contributed by atoms with Crippen molar-refractivity contribution in [3.05, 3.63) is 47.0 Å².